The lowest BCUT2D eigenvalue weighted by atomic mass is 9.62. The van der Waals surface area contributed by atoms with Crippen LogP contribution in [0.3, 0.4) is 0 Å². The fraction of sp³-hybridized carbons (Fsp3) is 0.303. The molecule has 6 rings (SSSR count). The number of rotatable bonds is 6. The molecule has 1 saturated carbocycles. The summed E-state index contributed by atoms with van der Waals surface area (Å²) in [6.45, 7) is 2.34. The van der Waals surface area contributed by atoms with Crippen LogP contribution in [0.2, 0.25) is 5.02 Å². The van der Waals surface area contributed by atoms with E-state index in [-0.39, 0.29) is 22.6 Å². The van der Waals surface area contributed by atoms with Gasteiger partial charge < -0.3 is 5.32 Å². The Morgan fingerprint density at radius 1 is 1.02 bits per heavy atom. The van der Waals surface area contributed by atoms with Crippen LogP contribution in [0.4, 0.5) is 5.69 Å². The Morgan fingerprint density at radius 2 is 1.77 bits per heavy atom. The quantitative estimate of drug-likeness (QED) is 0.194. The van der Waals surface area contributed by atoms with Gasteiger partial charge in [0.1, 0.15) is 0 Å². The SMILES string of the molecule is Cc1ccc(Cl)cc1NC(=O)CSc1nc2c(c(=O)n1Cc1ccccc1)C1(CCCCC1)Cc1ccccc1-2. The molecule has 2 aliphatic carbocycles. The summed E-state index contributed by atoms with van der Waals surface area (Å²) in [5, 5.41) is 4.10. The average molecular weight is 570 g/mol. The zero-order valence-corrected chi connectivity index (χ0v) is 24.2. The Hall–Kier alpha value is -3.35. The predicted octanol–water partition coefficient (Wildman–Crippen LogP) is 7.41. The van der Waals surface area contributed by atoms with Crippen LogP contribution < -0.4 is 10.9 Å². The Labute approximate surface area is 244 Å². The van der Waals surface area contributed by atoms with Crippen LogP contribution in [-0.2, 0) is 23.2 Å². The number of aromatic nitrogens is 2. The van der Waals surface area contributed by atoms with Crippen molar-refractivity contribution < 1.29 is 4.79 Å². The number of benzene rings is 3. The summed E-state index contributed by atoms with van der Waals surface area (Å²) in [6, 6.07) is 23.8. The number of carbonyl (C=O) groups is 1. The summed E-state index contributed by atoms with van der Waals surface area (Å²) >= 11 is 7.46. The second-order valence-electron chi connectivity index (χ2n) is 11.0. The number of nitrogens with zero attached hydrogens (tertiary/aromatic N) is 2. The fourth-order valence-corrected chi connectivity index (χ4v) is 7.25. The highest BCUT2D eigenvalue weighted by Gasteiger charge is 2.43. The van der Waals surface area contributed by atoms with E-state index in [2.05, 4.69) is 23.5 Å². The number of hydrogen-bond donors (Lipinski definition) is 1. The molecule has 1 amide bonds. The van der Waals surface area contributed by atoms with Crippen molar-refractivity contribution in [2.45, 2.75) is 62.6 Å². The lowest BCUT2D eigenvalue weighted by Crippen LogP contribution is -2.43. The highest BCUT2D eigenvalue weighted by molar-refractivity contribution is 7.99. The highest BCUT2D eigenvalue weighted by atomic mass is 35.5. The van der Waals surface area contributed by atoms with Gasteiger partial charge in [-0.15, -0.1) is 0 Å². The Balaban J connectivity index is 1.42. The number of nitrogens with one attached hydrogen (secondary N) is 1. The van der Waals surface area contributed by atoms with Gasteiger partial charge in [0.15, 0.2) is 5.16 Å². The molecule has 1 aromatic heterocycles. The third kappa shape index (κ3) is 5.23. The van der Waals surface area contributed by atoms with Crippen LogP contribution in [0, 0.1) is 6.92 Å². The number of carbonyl (C=O) groups excluding carboxylic acids is 1. The van der Waals surface area contributed by atoms with Gasteiger partial charge in [0, 0.05) is 21.7 Å². The molecular weight excluding hydrogens is 538 g/mol. The molecule has 7 heteroatoms. The van der Waals surface area contributed by atoms with Crippen molar-refractivity contribution in [1.82, 2.24) is 9.55 Å². The molecule has 204 valence electrons. The van der Waals surface area contributed by atoms with Crippen LogP contribution in [-0.4, -0.2) is 21.2 Å². The lowest BCUT2D eigenvalue weighted by Gasteiger charge is -2.42. The van der Waals surface area contributed by atoms with Crippen LogP contribution in [0.25, 0.3) is 11.3 Å². The van der Waals surface area contributed by atoms with Crippen LogP contribution in [0.15, 0.2) is 82.7 Å². The first kappa shape index (κ1) is 26.9. The van der Waals surface area contributed by atoms with E-state index in [0.717, 1.165) is 60.1 Å². The van der Waals surface area contributed by atoms with Crippen LogP contribution in [0.1, 0.15) is 54.4 Å². The number of halogens is 1. The highest BCUT2D eigenvalue weighted by Crippen LogP contribution is 2.48. The molecular formula is C33H32ClN3O2S. The maximum Gasteiger partial charge on any atom is 0.258 e. The van der Waals surface area contributed by atoms with Gasteiger partial charge >= 0.3 is 0 Å². The van der Waals surface area contributed by atoms with E-state index in [9.17, 15) is 9.59 Å². The number of fused-ring (bicyclic) bond motifs is 4. The van der Waals surface area contributed by atoms with Crippen molar-refractivity contribution in [3.8, 4) is 11.3 Å². The average Bonchev–Trinajstić information content (AvgIpc) is 2.96. The Bertz CT molecular complexity index is 1630. The maximum absolute atomic E-state index is 14.5. The summed E-state index contributed by atoms with van der Waals surface area (Å²) in [5.74, 6) is -0.0450. The summed E-state index contributed by atoms with van der Waals surface area (Å²) in [6.07, 6.45) is 6.35. The Kier molecular flexibility index (Phi) is 7.56. The van der Waals surface area contributed by atoms with Crippen molar-refractivity contribution in [2.24, 2.45) is 0 Å². The zero-order chi connectivity index (χ0) is 27.7. The maximum atomic E-state index is 14.5. The normalized spacial score (nSPS) is 15.3. The minimum atomic E-state index is -0.185. The summed E-state index contributed by atoms with van der Waals surface area (Å²) in [4.78, 5) is 32.8. The molecule has 3 aromatic carbocycles. The second-order valence-corrected chi connectivity index (χ2v) is 12.3. The van der Waals surface area contributed by atoms with Crippen LogP contribution >= 0.6 is 23.4 Å². The van der Waals surface area contributed by atoms with Gasteiger partial charge in [-0.1, -0.05) is 103 Å². The number of hydrogen-bond acceptors (Lipinski definition) is 4. The molecule has 5 nitrogen and oxygen atoms in total. The van der Waals surface area contributed by atoms with Crippen molar-refractivity contribution in [2.75, 3.05) is 11.1 Å². The first-order chi connectivity index (χ1) is 19.4. The van der Waals surface area contributed by atoms with Crippen molar-refractivity contribution in [3.05, 3.63) is 110 Å². The molecule has 0 bridgehead atoms. The van der Waals surface area contributed by atoms with Gasteiger partial charge in [-0.05, 0) is 55.0 Å². The molecule has 4 aromatic rings. The third-order valence-electron chi connectivity index (χ3n) is 8.27. The lowest BCUT2D eigenvalue weighted by molar-refractivity contribution is -0.113. The molecule has 0 aliphatic heterocycles. The van der Waals surface area contributed by atoms with E-state index < -0.39 is 0 Å². The van der Waals surface area contributed by atoms with Crippen molar-refractivity contribution in [1.29, 1.82) is 0 Å². The van der Waals surface area contributed by atoms with E-state index in [0.29, 0.717) is 22.4 Å². The first-order valence-electron chi connectivity index (χ1n) is 13.9. The molecule has 1 spiro atoms. The van der Waals surface area contributed by atoms with Gasteiger partial charge in [0.25, 0.3) is 5.56 Å². The minimum Gasteiger partial charge on any atom is -0.325 e. The summed E-state index contributed by atoms with van der Waals surface area (Å²) in [5.41, 5.74) is 6.45. The molecule has 2 aliphatic rings. The van der Waals surface area contributed by atoms with Crippen molar-refractivity contribution in [3.63, 3.8) is 0 Å². The molecule has 1 fully saturated rings. The number of thioether (sulfide) groups is 1. The van der Waals surface area contributed by atoms with E-state index in [1.54, 1.807) is 16.7 Å². The number of amides is 1. The van der Waals surface area contributed by atoms with E-state index in [1.807, 2.05) is 49.4 Å². The molecule has 1 N–H and O–H groups in total. The standard InChI is InChI=1S/C33H32ClN3O2S/c1-22-14-15-25(34)18-27(22)35-28(38)21-40-32-36-30-26-13-7-6-12-24(26)19-33(16-8-3-9-17-33)29(30)31(39)37(32)20-23-10-4-2-5-11-23/h2,4-7,10-15,18H,3,8-9,16-17,19-21H2,1H3,(H,35,38). The zero-order valence-electron chi connectivity index (χ0n) is 22.6. The van der Waals surface area contributed by atoms with Gasteiger partial charge in [-0.2, -0.15) is 0 Å². The monoisotopic (exact) mass is 569 g/mol. The molecule has 0 saturated heterocycles. The molecule has 0 radical (unpaired) electrons. The van der Waals surface area contributed by atoms with Gasteiger partial charge in [-0.3, -0.25) is 14.2 Å². The summed E-state index contributed by atoms with van der Waals surface area (Å²) < 4.78 is 1.79. The smallest absolute Gasteiger partial charge is 0.258 e. The predicted molar refractivity (Wildman–Crippen MR) is 163 cm³/mol. The van der Waals surface area contributed by atoms with E-state index >= 15 is 0 Å². The number of anilines is 1. The van der Waals surface area contributed by atoms with Crippen molar-refractivity contribution >= 4 is 35.0 Å². The minimum absolute atomic E-state index is 0.0267. The third-order valence-corrected chi connectivity index (χ3v) is 9.48. The fourth-order valence-electron chi connectivity index (χ4n) is 6.28. The topological polar surface area (TPSA) is 64.0 Å². The Morgan fingerprint density at radius 3 is 2.58 bits per heavy atom. The number of aryl methyl sites for hydroxylation is 1. The van der Waals surface area contributed by atoms with E-state index in [1.165, 1.54) is 23.7 Å². The second kappa shape index (κ2) is 11.3. The largest absolute Gasteiger partial charge is 0.325 e. The van der Waals surface area contributed by atoms with Gasteiger partial charge in [-0.25, -0.2) is 4.98 Å². The van der Waals surface area contributed by atoms with E-state index in [4.69, 9.17) is 16.6 Å². The molecule has 40 heavy (non-hydrogen) atoms. The summed E-state index contributed by atoms with van der Waals surface area (Å²) in [7, 11) is 0. The van der Waals surface area contributed by atoms with Gasteiger partial charge in [0.05, 0.1) is 23.6 Å². The first-order valence-corrected chi connectivity index (χ1v) is 15.3. The van der Waals surface area contributed by atoms with Crippen LogP contribution in [0.5, 0.6) is 0 Å². The van der Waals surface area contributed by atoms with Gasteiger partial charge in [0.2, 0.25) is 5.91 Å². The molecule has 1 heterocycles. The molecule has 0 atom stereocenters. The molecule has 0 unspecified atom stereocenters.